The predicted octanol–water partition coefficient (Wildman–Crippen LogP) is 6.38. The lowest BCUT2D eigenvalue weighted by atomic mass is 9.89. The second kappa shape index (κ2) is 10.0. The summed E-state index contributed by atoms with van der Waals surface area (Å²) in [6.45, 7) is 1.62. The number of nitro benzene ring substituents is 1. The number of carbonyl (C=O) groups excluding carboxylic acids is 2. The molecule has 2 amide bonds. The van der Waals surface area contributed by atoms with Gasteiger partial charge < -0.3 is 5.32 Å². The van der Waals surface area contributed by atoms with E-state index in [1.54, 1.807) is 37.3 Å². The molecule has 3 aromatic carbocycles. The molecule has 11 heteroatoms. The van der Waals surface area contributed by atoms with Gasteiger partial charge in [0.1, 0.15) is 5.92 Å². The Morgan fingerprint density at radius 3 is 2.34 bits per heavy atom. The van der Waals surface area contributed by atoms with Crippen LogP contribution in [0.2, 0.25) is 15.1 Å². The lowest BCUT2D eigenvalue weighted by Crippen LogP contribution is -2.36. The predicted molar refractivity (Wildman–Crippen MR) is 135 cm³/mol. The number of benzene rings is 3. The van der Waals surface area contributed by atoms with Gasteiger partial charge in [-0.25, -0.2) is 5.01 Å². The summed E-state index contributed by atoms with van der Waals surface area (Å²) in [4.78, 5) is 37.8. The topological polar surface area (TPSA) is 105 Å². The van der Waals surface area contributed by atoms with E-state index in [4.69, 9.17) is 34.8 Å². The number of nitrogens with one attached hydrogen (secondary N) is 1. The quantitative estimate of drug-likeness (QED) is 0.304. The van der Waals surface area contributed by atoms with Gasteiger partial charge in [-0.05, 0) is 55.0 Å². The number of halogens is 3. The lowest BCUT2D eigenvalue weighted by Gasteiger charge is -2.27. The fourth-order valence-electron chi connectivity index (χ4n) is 3.86. The number of hydrogen-bond donors (Lipinski definition) is 1. The van der Waals surface area contributed by atoms with E-state index >= 15 is 0 Å². The van der Waals surface area contributed by atoms with Crippen LogP contribution in [-0.4, -0.2) is 27.5 Å². The van der Waals surface area contributed by atoms with Gasteiger partial charge in [0.25, 0.3) is 11.6 Å². The first-order valence-corrected chi connectivity index (χ1v) is 11.4. The van der Waals surface area contributed by atoms with Gasteiger partial charge in [0.15, 0.2) is 0 Å². The van der Waals surface area contributed by atoms with Gasteiger partial charge in [-0.2, -0.15) is 5.10 Å². The molecular weight excluding hydrogens is 515 g/mol. The maximum Gasteiger partial charge on any atom is 0.276 e. The zero-order chi connectivity index (χ0) is 25.3. The summed E-state index contributed by atoms with van der Waals surface area (Å²) in [6, 6.07) is 15.7. The highest BCUT2D eigenvalue weighted by atomic mass is 35.5. The number of non-ortho nitro benzene ring substituents is 1. The molecule has 8 nitrogen and oxygen atoms in total. The van der Waals surface area contributed by atoms with Crippen molar-refractivity contribution in [1.82, 2.24) is 5.01 Å². The third kappa shape index (κ3) is 5.14. The van der Waals surface area contributed by atoms with Crippen molar-refractivity contribution in [2.75, 3.05) is 5.32 Å². The Kier molecular flexibility index (Phi) is 7.07. The monoisotopic (exact) mass is 530 g/mol. The molecule has 0 aromatic heterocycles. The van der Waals surface area contributed by atoms with E-state index in [-0.39, 0.29) is 16.3 Å². The summed E-state index contributed by atoms with van der Waals surface area (Å²) in [5.74, 6) is -1.95. The Bertz CT molecular complexity index is 1360. The molecule has 0 saturated heterocycles. The molecule has 4 rings (SSSR count). The van der Waals surface area contributed by atoms with Gasteiger partial charge in [0, 0.05) is 27.9 Å². The number of hydrogen-bond acceptors (Lipinski definition) is 5. The number of rotatable bonds is 5. The molecule has 0 spiro atoms. The summed E-state index contributed by atoms with van der Waals surface area (Å²) in [7, 11) is 0. The zero-order valence-electron chi connectivity index (χ0n) is 18.1. The second-order valence-corrected chi connectivity index (χ2v) is 9.07. The van der Waals surface area contributed by atoms with Crippen molar-refractivity contribution in [3.63, 3.8) is 0 Å². The van der Waals surface area contributed by atoms with E-state index in [0.29, 0.717) is 27.0 Å². The third-order valence-corrected chi connectivity index (χ3v) is 6.28. The van der Waals surface area contributed by atoms with Crippen LogP contribution in [0.3, 0.4) is 0 Å². The van der Waals surface area contributed by atoms with E-state index in [1.165, 1.54) is 36.4 Å². The van der Waals surface area contributed by atoms with Crippen molar-refractivity contribution < 1.29 is 14.5 Å². The van der Waals surface area contributed by atoms with Crippen LogP contribution >= 0.6 is 34.8 Å². The van der Waals surface area contributed by atoms with Gasteiger partial charge in [-0.1, -0.05) is 46.9 Å². The summed E-state index contributed by atoms with van der Waals surface area (Å²) in [5.41, 5.74) is 1.17. The van der Waals surface area contributed by atoms with Crippen molar-refractivity contribution in [2.24, 2.45) is 11.0 Å². The van der Waals surface area contributed by atoms with E-state index in [0.717, 1.165) is 5.01 Å². The molecule has 0 aliphatic carbocycles. The highest BCUT2D eigenvalue weighted by Gasteiger charge is 2.44. The fourth-order valence-corrected chi connectivity index (χ4v) is 4.48. The Hall–Kier alpha value is -3.46. The molecule has 2 unspecified atom stereocenters. The summed E-state index contributed by atoms with van der Waals surface area (Å²) in [5, 5.41) is 20.7. The Balaban J connectivity index is 1.76. The average molecular weight is 532 g/mol. The van der Waals surface area contributed by atoms with Crippen molar-refractivity contribution in [1.29, 1.82) is 0 Å². The van der Waals surface area contributed by atoms with Crippen LogP contribution in [0.4, 0.5) is 11.4 Å². The molecule has 0 radical (unpaired) electrons. The zero-order valence-corrected chi connectivity index (χ0v) is 20.4. The van der Waals surface area contributed by atoms with Crippen LogP contribution in [0.25, 0.3) is 0 Å². The van der Waals surface area contributed by atoms with Crippen molar-refractivity contribution >= 4 is 63.7 Å². The van der Waals surface area contributed by atoms with Crippen LogP contribution in [0, 0.1) is 16.0 Å². The molecule has 1 aliphatic rings. The number of nitro groups is 1. The molecule has 0 saturated carbocycles. The van der Waals surface area contributed by atoms with E-state index < -0.39 is 28.7 Å². The Morgan fingerprint density at radius 2 is 1.69 bits per heavy atom. The summed E-state index contributed by atoms with van der Waals surface area (Å²) >= 11 is 18.2. The SMILES string of the molecule is CC1=NN(C(=O)c2ccc(Cl)cc2Cl)C(c2cccc([N+](=O)[O-])c2)C1C(=O)Nc1ccc(Cl)cc1. The number of carbonyl (C=O) groups is 2. The van der Waals surface area contributed by atoms with Gasteiger partial charge in [0.2, 0.25) is 5.91 Å². The molecule has 0 bridgehead atoms. The van der Waals surface area contributed by atoms with Crippen LogP contribution in [-0.2, 0) is 4.79 Å². The molecule has 0 fully saturated rings. The van der Waals surface area contributed by atoms with Gasteiger partial charge in [-0.15, -0.1) is 0 Å². The minimum absolute atomic E-state index is 0.113. The number of hydrazone groups is 1. The van der Waals surface area contributed by atoms with E-state index in [9.17, 15) is 19.7 Å². The summed E-state index contributed by atoms with van der Waals surface area (Å²) < 4.78 is 0. The maximum absolute atomic E-state index is 13.5. The highest BCUT2D eigenvalue weighted by Crippen LogP contribution is 2.39. The first-order chi connectivity index (χ1) is 16.7. The second-order valence-electron chi connectivity index (χ2n) is 7.79. The summed E-state index contributed by atoms with van der Waals surface area (Å²) in [6.07, 6.45) is 0. The molecule has 178 valence electrons. The minimum Gasteiger partial charge on any atom is -0.325 e. The smallest absolute Gasteiger partial charge is 0.276 e. The first kappa shape index (κ1) is 24.7. The fraction of sp³-hybridized carbons (Fsp3) is 0.125. The number of nitrogens with zero attached hydrogens (tertiary/aromatic N) is 3. The molecule has 1 N–H and O–H groups in total. The minimum atomic E-state index is -0.957. The van der Waals surface area contributed by atoms with Crippen LogP contribution < -0.4 is 5.32 Å². The molecule has 35 heavy (non-hydrogen) atoms. The first-order valence-electron chi connectivity index (χ1n) is 10.3. The Labute approximate surface area is 215 Å². The highest BCUT2D eigenvalue weighted by molar-refractivity contribution is 6.36. The standard InChI is InChI=1S/C24H17Cl3N4O4/c1-13-21(23(32)28-17-8-5-15(25)6-9-17)22(14-3-2-4-18(11-14)31(34)35)30(29-13)24(33)19-10-7-16(26)12-20(19)27/h2-12,21-22H,1H3,(H,28,32). The largest absolute Gasteiger partial charge is 0.325 e. The van der Waals surface area contributed by atoms with E-state index in [2.05, 4.69) is 10.4 Å². The van der Waals surface area contributed by atoms with Gasteiger partial charge in [-0.3, -0.25) is 19.7 Å². The molecule has 1 aliphatic heterocycles. The third-order valence-electron chi connectivity index (χ3n) is 5.48. The normalized spacial score (nSPS) is 17.1. The lowest BCUT2D eigenvalue weighted by molar-refractivity contribution is -0.385. The number of anilines is 1. The van der Waals surface area contributed by atoms with E-state index in [1.807, 2.05) is 0 Å². The van der Waals surface area contributed by atoms with Crippen molar-refractivity contribution in [3.8, 4) is 0 Å². The van der Waals surface area contributed by atoms with Gasteiger partial charge >= 0.3 is 0 Å². The average Bonchev–Trinajstić information content (AvgIpc) is 3.17. The molecular formula is C24H17Cl3N4O4. The van der Waals surface area contributed by atoms with Crippen molar-refractivity contribution in [2.45, 2.75) is 13.0 Å². The van der Waals surface area contributed by atoms with Crippen LogP contribution in [0.15, 0.2) is 71.8 Å². The maximum atomic E-state index is 13.5. The van der Waals surface area contributed by atoms with Crippen molar-refractivity contribution in [3.05, 3.63) is 103 Å². The number of amides is 2. The Morgan fingerprint density at radius 1 is 1.00 bits per heavy atom. The van der Waals surface area contributed by atoms with Crippen LogP contribution in [0.5, 0.6) is 0 Å². The molecule has 1 heterocycles. The molecule has 3 aromatic rings. The molecule has 2 atom stereocenters. The van der Waals surface area contributed by atoms with Crippen LogP contribution in [0.1, 0.15) is 28.9 Å². The van der Waals surface area contributed by atoms with Gasteiger partial charge in [0.05, 0.1) is 27.3 Å².